The molecule has 0 aromatic rings. The van der Waals surface area contributed by atoms with E-state index < -0.39 is 0 Å². The molecule has 3 heteroatoms. The Bertz CT molecular complexity index is 123. The van der Waals surface area contributed by atoms with E-state index in [1.165, 1.54) is 12.2 Å². The molecule has 1 heterocycles. The summed E-state index contributed by atoms with van der Waals surface area (Å²) in [6.45, 7) is 2.54. The molecule has 1 rings (SSSR count). The molecule has 0 saturated carbocycles. The molecule has 66 valence electrons. The van der Waals surface area contributed by atoms with Crippen LogP contribution in [0.1, 0.15) is 19.8 Å². The number of aliphatic hydroxyl groups is 1. The molecule has 0 aromatic carbocycles. The summed E-state index contributed by atoms with van der Waals surface area (Å²) in [5.41, 5.74) is 5.51. The molecule has 0 aliphatic carbocycles. The second-order valence-electron chi connectivity index (χ2n) is 3.56. The molecule has 0 spiro atoms. The Kier molecular flexibility index (Phi) is 3.22. The fourth-order valence-corrected chi connectivity index (χ4v) is 2.80. The molecule has 2 atom stereocenters. The summed E-state index contributed by atoms with van der Waals surface area (Å²) in [5.74, 6) is 2.30. The Labute approximate surface area is 72.5 Å². The van der Waals surface area contributed by atoms with Gasteiger partial charge < -0.3 is 10.8 Å². The molecule has 0 radical (unpaired) electrons. The molecule has 2 nitrogen and oxygen atoms in total. The number of hydrogen-bond acceptors (Lipinski definition) is 3. The van der Waals surface area contributed by atoms with Crippen molar-refractivity contribution >= 4 is 11.8 Å². The van der Waals surface area contributed by atoms with Crippen LogP contribution in [0.4, 0.5) is 0 Å². The minimum atomic E-state index is -0.310. The van der Waals surface area contributed by atoms with Crippen molar-refractivity contribution in [1.82, 2.24) is 0 Å². The number of thioether (sulfide) groups is 1. The summed E-state index contributed by atoms with van der Waals surface area (Å²) < 4.78 is 0. The van der Waals surface area contributed by atoms with Crippen LogP contribution < -0.4 is 5.73 Å². The Morgan fingerprint density at radius 1 is 1.73 bits per heavy atom. The molecule has 1 aliphatic rings. The molecule has 0 bridgehead atoms. The van der Waals surface area contributed by atoms with Crippen molar-refractivity contribution in [3.8, 4) is 0 Å². The second kappa shape index (κ2) is 3.78. The van der Waals surface area contributed by atoms with E-state index in [4.69, 9.17) is 5.73 Å². The molecular formula is C8H17NOS. The van der Waals surface area contributed by atoms with Crippen molar-refractivity contribution in [3.05, 3.63) is 0 Å². The van der Waals surface area contributed by atoms with Crippen LogP contribution in [0.15, 0.2) is 0 Å². The third-order valence-electron chi connectivity index (χ3n) is 2.50. The third kappa shape index (κ3) is 2.10. The summed E-state index contributed by atoms with van der Waals surface area (Å²) in [6.07, 6.45) is 2.03. The normalized spacial score (nSPS) is 35.2. The van der Waals surface area contributed by atoms with Gasteiger partial charge in [-0.05, 0) is 18.6 Å². The standard InChI is InChI=1S/C8H17NOS/c1-8(7(10)5-9)3-2-4-11-6-8/h7,10H,2-6,9H2,1H3. The first-order valence-corrected chi connectivity index (χ1v) is 5.30. The molecule has 3 N–H and O–H groups in total. The van der Waals surface area contributed by atoms with Gasteiger partial charge in [-0.1, -0.05) is 6.92 Å². The van der Waals surface area contributed by atoms with Crippen LogP contribution in [0.3, 0.4) is 0 Å². The highest BCUT2D eigenvalue weighted by Crippen LogP contribution is 2.36. The van der Waals surface area contributed by atoms with Gasteiger partial charge in [0.05, 0.1) is 6.10 Å². The van der Waals surface area contributed by atoms with E-state index in [1.54, 1.807) is 0 Å². The van der Waals surface area contributed by atoms with Crippen LogP contribution in [0.25, 0.3) is 0 Å². The first-order chi connectivity index (χ1) is 5.19. The lowest BCUT2D eigenvalue weighted by Crippen LogP contribution is -2.41. The molecule has 1 fully saturated rings. The Morgan fingerprint density at radius 3 is 2.91 bits per heavy atom. The van der Waals surface area contributed by atoms with Crippen LogP contribution >= 0.6 is 11.8 Å². The lowest BCUT2D eigenvalue weighted by molar-refractivity contribution is 0.0526. The van der Waals surface area contributed by atoms with Gasteiger partial charge in [0.15, 0.2) is 0 Å². The van der Waals surface area contributed by atoms with Crippen LogP contribution in [0.2, 0.25) is 0 Å². The first-order valence-electron chi connectivity index (χ1n) is 4.15. The maximum atomic E-state index is 9.60. The smallest absolute Gasteiger partial charge is 0.0723 e. The van der Waals surface area contributed by atoms with E-state index in [2.05, 4.69) is 6.92 Å². The largest absolute Gasteiger partial charge is 0.391 e. The van der Waals surface area contributed by atoms with Crippen molar-refractivity contribution < 1.29 is 5.11 Å². The number of hydrogen-bond donors (Lipinski definition) is 2. The molecule has 0 amide bonds. The van der Waals surface area contributed by atoms with Gasteiger partial charge in [0, 0.05) is 17.7 Å². The molecule has 2 unspecified atom stereocenters. The molecule has 0 aromatic heterocycles. The van der Waals surface area contributed by atoms with Gasteiger partial charge >= 0.3 is 0 Å². The highest BCUT2D eigenvalue weighted by Gasteiger charge is 2.33. The van der Waals surface area contributed by atoms with Crippen LogP contribution in [-0.2, 0) is 0 Å². The van der Waals surface area contributed by atoms with E-state index >= 15 is 0 Å². The van der Waals surface area contributed by atoms with Gasteiger partial charge in [0.2, 0.25) is 0 Å². The minimum Gasteiger partial charge on any atom is -0.391 e. The van der Waals surface area contributed by atoms with E-state index in [-0.39, 0.29) is 11.5 Å². The minimum absolute atomic E-state index is 0.0810. The molecule has 1 saturated heterocycles. The highest BCUT2D eigenvalue weighted by atomic mass is 32.2. The Hall–Kier alpha value is 0.270. The summed E-state index contributed by atoms with van der Waals surface area (Å²) in [6, 6.07) is 0. The Morgan fingerprint density at radius 2 is 2.45 bits per heavy atom. The van der Waals surface area contributed by atoms with Crippen molar-refractivity contribution in [2.45, 2.75) is 25.9 Å². The van der Waals surface area contributed by atoms with Crippen molar-refractivity contribution in [2.75, 3.05) is 18.1 Å². The lowest BCUT2D eigenvalue weighted by Gasteiger charge is -2.36. The fraction of sp³-hybridized carbons (Fsp3) is 1.00. The van der Waals surface area contributed by atoms with Gasteiger partial charge in [-0.3, -0.25) is 0 Å². The molecule has 1 aliphatic heterocycles. The van der Waals surface area contributed by atoms with Crippen LogP contribution in [0.5, 0.6) is 0 Å². The first kappa shape index (κ1) is 9.36. The number of aliphatic hydroxyl groups excluding tert-OH is 1. The SMILES string of the molecule is CC1(C(O)CN)CCCSC1. The maximum Gasteiger partial charge on any atom is 0.0723 e. The van der Waals surface area contributed by atoms with Crippen molar-refractivity contribution in [1.29, 1.82) is 0 Å². The average Bonchev–Trinajstić information content (AvgIpc) is 2.04. The zero-order valence-electron chi connectivity index (χ0n) is 7.05. The zero-order valence-corrected chi connectivity index (χ0v) is 7.86. The van der Waals surface area contributed by atoms with Gasteiger partial charge in [-0.15, -0.1) is 0 Å². The van der Waals surface area contributed by atoms with Crippen LogP contribution in [0, 0.1) is 5.41 Å². The van der Waals surface area contributed by atoms with Gasteiger partial charge in [0.1, 0.15) is 0 Å². The highest BCUT2D eigenvalue weighted by molar-refractivity contribution is 7.99. The van der Waals surface area contributed by atoms with Crippen molar-refractivity contribution in [3.63, 3.8) is 0 Å². The quantitative estimate of drug-likeness (QED) is 0.654. The third-order valence-corrected chi connectivity index (χ3v) is 3.94. The number of nitrogens with two attached hydrogens (primary N) is 1. The van der Waals surface area contributed by atoms with E-state index in [1.807, 2.05) is 11.8 Å². The fourth-order valence-electron chi connectivity index (χ4n) is 1.50. The summed E-state index contributed by atoms with van der Waals surface area (Å²) >= 11 is 1.93. The van der Waals surface area contributed by atoms with E-state index in [0.717, 1.165) is 12.2 Å². The average molecular weight is 175 g/mol. The molecule has 11 heavy (non-hydrogen) atoms. The summed E-state index contributed by atoms with van der Waals surface area (Å²) in [4.78, 5) is 0. The number of rotatable bonds is 2. The van der Waals surface area contributed by atoms with Crippen LogP contribution in [-0.4, -0.2) is 29.3 Å². The monoisotopic (exact) mass is 175 g/mol. The topological polar surface area (TPSA) is 46.2 Å². The maximum absolute atomic E-state index is 9.60. The summed E-state index contributed by atoms with van der Waals surface area (Å²) in [7, 11) is 0. The second-order valence-corrected chi connectivity index (χ2v) is 4.67. The van der Waals surface area contributed by atoms with E-state index in [0.29, 0.717) is 6.54 Å². The van der Waals surface area contributed by atoms with Crippen molar-refractivity contribution in [2.24, 2.45) is 11.1 Å². The van der Waals surface area contributed by atoms with Gasteiger partial charge in [0.25, 0.3) is 0 Å². The summed E-state index contributed by atoms with van der Waals surface area (Å²) in [5, 5.41) is 9.60. The zero-order chi connectivity index (χ0) is 8.32. The molecular weight excluding hydrogens is 158 g/mol. The predicted octanol–water partition coefficient (Wildman–Crippen LogP) is 0.839. The lowest BCUT2D eigenvalue weighted by atomic mass is 9.81. The van der Waals surface area contributed by atoms with E-state index in [9.17, 15) is 5.11 Å². The van der Waals surface area contributed by atoms with Gasteiger partial charge in [-0.25, -0.2) is 0 Å². The Balaban J connectivity index is 2.49. The predicted molar refractivity (Wildman–Crippen MR) is 49.7 cm³/mol. The van der Waals surface area contributed by atoms with Gasteiger partial charge in [-0.2, -0.15) is 11.8 Å².